The van der Waals surface area contributed by atoms with Gasteiger partial charge in [0.25, 0.3) is 0 Å². The molecule has 0 saturated carbocycles. The summed E-state index contributed by atoms with van der Waals surface area (Å²) in [6.45, 7) is 6.44. The first-order valence-corrected chi connectivity index (χ1v) is 6.97. The first-order valence-electron chi connectivity index (χ1n) is 6.09. The molecule has 2 aromatic heterocycles. The summed E-state index contributed by atoms with van der Waals surface area (Å²) >= 11 is 1.74. The van der Waals surface area contributed by atoms with Crippen LogP contribution < -0.4 is 5.32 Å². The van der Waals surface area contributed by atoms with Crippen molar-refractivity contribution >= 4 is 11.3 Å². The van der Waals surface area contributed by atoms with Crippen LogP contribution in [-0.2, 0) is 6.54 Å². The van der Waals surface area contributed by atoms with Gasteiger partial charge in [-0.3, -0.25) is 0 Å². The summed E-state index contributed by atoms with van der Waals surface area (Å²) in [5.74, 6) is 1.07. The number of nitrogens with one attached hydrogen (secondary N) is 1. The van der Waals surface area contributed by atoms with Gasteiger partial charge in [-0.1, -0.05) is 13.0 Å². The van der Waals surface area contributed by atoms with Crippen LogP contribution in [0.2, 0.25) is 0 Å². The fourth-order valence-electron chi connectivity index (χ4n) is 1.84. The summed E-state index contributed by atoms with van der Waals surface area (Å²) in [6, 6.07) is 4.66. The Hall–Kier alpha value is -1.13. The van der Waals surface area contributed by atoms with Crippen LogP contribution in [0.3, 0.4) is 0 Å². The van der Waals surface area contributed by atoms with Gasteiger partial charge in [-0.05, 0) is 31.3 Å². The van der Waals surface area contributed by atoms with E-state index in [-0.39, 0.29) is 0 Å². The van der Waals surface area contributed by atoms with Gasteiger partial charge in [-0.15, -0.1) is 11.3 Å². The molecule has 0 aliphatic rings. The number of rotatable bonds is 6. The summed E-state index contributed by atoms with van der Waals surface area (Å²) in [6.07, 6.45) is 5.10. The Bertz CT molecular complexity index is 433. The van der Waals surface area contributed by atoms with Crippen LogP contribution >= 0.6 is 11.3 Å². The maximum Gasteiger partial charge on any atom is 0.150 e. The molecule has 0 fully saturated rings. The summed E-state index contributed by atoms with van der Waals surface area (Å²) in [5.41, 5.74) is 0. The molecule has 4 heteroatoms. The fraction of sp³-hybridized carbons (Fsp3) is 0.462. The quantitative estimate of drug-likeness (QED) is 0.853. The van der Waals surface area contributed by atoms with Crippen molar-refractivity contribution in [3.8, 4) is 10.7 Å². The topological polar surface area (TPSA) is 29.9 Å². The van der Waals surface area contributed by atoms with Gasteiger partial charge < -0.3 is 9.88 Å². The molecule has 2 heterocycles. The van der Waals surface area contributed by atoms with Crippen LogP contribution in [0.15, 0.2) is 29.9 Å². The second kappa shape index (κ2) is 5.98. The van der Waals surface area contributed by atoms with Crippen LogP contribution in [0, 0.1) is 0 Å². The first kappa shape index (κ1) is 12.3. The number of thiophene rings is 1. The Morgan fingerprint density at radius 1 is 1.53 bits per heavy atom. The molecule has 0 amide bonds. The third-order valence-electron chi connectivity index (χ3n) is 2.67. The Morgan fingerprint density at radius 3 is 3.12 bits per heavy atom. The van der Waals surface area contributed by atoms with E-state index in [1.54, 1.807) is 11.3 Å². The SMILES string of the molecule is CCCNC(C)Cn1ccnc1-c1cccs1. The molecule has 1 N–H and O–H groups in total. The molecule has 2 aromatic rings. The van der Waals surface area contributed by atoms with Gasteiger partial charge in [0.05, 0.1) is 4.88 Å². The van der Waals surface area contributed by atoms with Gasteiger partial charge in [-0.25, -0.2) is 4.98 Å². The van der Waals surface area contributed by atoms with E-state index < -0.39 is 0 Å². The molecule has 1 unspecified atom stereocenters. The van der Waals surface area contributed by atoms with Crippen LogP contribution in [0.25, 0.3) is 10.7 Å². The van der Waals surface area contributed by atoms with Gasteiger partial charge in [0.15, 0.2) is 0 Å². The maximum atomic E-state index is 4.44. The van der Waals surface area contributed by atoms with Crippen molar-refractivity contribution < 1.29 is 0 Å². The van der Waals surface area contributed by atoms with Gasteiger partial charge in [0.2, 0.25) is 0 Å². The zero-order valence-electron chi connectivity index (χ0n) is 10.4. The molecule has 17 heavy (non-hydrogen) atoms. The predicted molar refractivity (Wildman–Crippen MR) is 73.3 cm³/mol. The summed E-state index contributed by atoms with van der Waals surface area (Å²) < 4.78 is 2.22. The second-order valence-corrected chi connectivity index (χ2v) is 5.18. The van der Waals surface area contributed by atoms with Gasteiger partial charge >= 0.3 is 0 Å². The van der Waals surface area contributed by atoms with Crippen LogP contribution in [0.4, 0.5) is 0 Å². The highest BCUT2D eigenvalue weighted by atomic mass is 32.1. The van der Waals surface area contributed by atoms with Crippen molar-refractivity contribution in [1.82, 2.24) is 14.9 Å². The van der Waals surface area contributed by atoms with Crippen molar-refractivity contribution in [2.24, 2.45) is 0 Å². The molecule has 3 nitrogen and oxygen atoms in total. The maximum absolute atomic E-state index is 4.44. The van der Waals surface area contributed by atoms with E-state index in [4.69, 9.17) is 0 Å². The van der Waals surface area contributed by atoms with E-state index in [9.17, 15) is 0 Å². The number of nitrogens with zero attached hydrogens (tertiary/aromatic N) is 2. The van der Waals surface area contributed by atoms with Gasteiger partial charge in [-0.2, -0.15) is 0 Å². The molecule has 0 aliphatic carbocycles. The van der Waals surface area contributed by atoms with Gasteiger partial charge in [0, 0.05) is 25.0 Å². The van der Waals surface area contributed by atoms with E-state index in [1.165, 1.54) is 11.3 Å². The zero-order valence-corrected chi connectivity index (χ0v) is 11.2. The first-order chi connectivity index (χ1) is 8.31. The van der Waals surface area contributed by atoms with Crippen LogP contribution in [0.5, 0.6) is 0 Å². The smallest absolute Gasteiger partial charge is 0.150 e. The minimum absolute atomic E-state index is 0.475. The largest absolute Gasteiger partial charge is 0.329 e. The van der Waals surface area contributed by atoms with Crippen molar-refractivity contribution in [3.05, 3.63) is 29.9 Å². The molecular formula is C13H19N3S. The Morgan fingerprint density at radius 2 is 2.41 bits per heavy atom. The summed E-state index contributed by atoms with van der Waals surface area (Å²) in [4.78, 5) is 5.67. The van der Waals surface area contributed by atoms with E-state index in [2.05, 4.69) is 52.4 Å². The number of imidazole rings is 1. The Labute approximate surface area is 107 Å². The number of hydrogen-bond acceptors (Lipinski definition) is 3. The van der Waals surface area contributed by atoms with E-state index in [1.807, 2.05) is 6.20 Å². The average Bonchev–Trinajstić information content (AvgIpc) is 2.95. The second-order valence-electron chi connectivity index (χ2n) is 4.24. The van der Waals surface area contributed by atoms with Crippen molar-refractivity contribution in [1.29, 1.82) is 0 Å². The minimum atomic E-state index is 0.475. The third kappa shape index (κ3) is 3.17. The zero-order chi connectivity index (χ0) is 12.1. The Balaban J connectivity index is 2.04. The highest BCUT2D eigenvalue weighted by molar-refractivity contribution is 7.13. The molecule has 2 rings (SSSR count). The lowest BCUT2D eigenvalue weighted by Gasteiger charge is -2.15. The summed E-state index contributed by atoms with van der Waals surface area (Å²) in [7, 11) is 0. The Kier molecular flexibility index (Phi) is 4.34. The number of hydrogen-bond donors (Lipinski definition) is 1. The molecule has 0 aromatic carbocycles. The number of aromatic nitrogens is 2. The van der Waals surface area contributed by atoms with Crippen molar-refractivity contribution in [3.63, 3.8) is 0 Å². The molecule has 0 radical (unpaired) electrons. The molecule has 92 valence electrons. The predicted octanol–water partition coefficient (Wildman–Crippen LogP) is 3.00. The van der Waals surface area contributed by atoms with E-state index in [0.29, 0.717) is 6.04 Å². The lowest BCUT2D eigenvalue weighted by Crippen LogP contribution is -2.30. The van der Waals surface area contributed by atoms with Crippen molar-refractivity contribution in [2.45, 2.75) is 32.9 Å². The molecule has 0 aliphatic heterocycles. The third-order valence-corrected chi connectivity index (χ3v) is 3.54. The standard InChI is InChI=1S/C13H19N3S/c1-3-6-14-11(2)10-16-8-7-15-13(16)12-5-4-9-17-12/h4-5,7-9,11,14H,3,6,10H2,1-2H3. The molecule has 0 spiro atoms. The van der Waals surface area contributed by atoms with Gasteiger partial charge in [0.1, 0.15) is 5.82 Å². The van der Waals surface area contributed by atoms with Crippen LogP contribution in [-0.4, -0.2) is 22.1 Å². The average molecular weight is 249 g/mol. The molecule has 0 saturated heterocycles. The highest BCUT2D eigenvalue weighted by Crippen LogP contribution is 2.22. The monoisotopic (exact) mass is 249 g/mol. The lowest BCUT2D eigenvalue weighted by atomic mass is 10.3. The molecule has 0 bridgehead atoms. The van der Waals surface area contributed by atoms with E-state index in [0.717, 1.165) is 18.9 Å². The summed E-state index contributed by atoms with van der Waals surface area (Å²) in [5, 5.41) is 5.59. The minimum Gasteiger partial charge on any atom is -0.329 e. The fourth-order valence-corrected chi connectivity index (χ4v) is 2.57. The van der Waals surface area contributed by atoms with Crippen molar-refractivity contribution in [2.75, 3.05) is 6.54 Å². The van der Waals surface area contributed by atoms with Crippen LogP contribution in [0.1, 0.15) is 20.3 Å². The molecular weight excluding hydrogens is 230 g/mol. The lowest BCUT2D eigenvalue weighted by molar-refractivity contribution is 0.479. The van der Waals surface area contributed by atoms with E-state index >= 15 is 0 Å². The highest BCUT2D eigenvalue weighted by Gasteiger charge is 2.09. The normalized spacial score (nSPS) is 12.8. The molecule has 1 atom stereocenters.